The molecule has 2 N–H and O–H groups in total. The molecule has 5 rings (SSSR count). The van der Waals surface area contributed by atoms with Crippen LogP contribution in [0.1, 0.15) is 25.2 Å². The smallest absolute Gasteiger partial charge is 0.267 e. The first-order valence-corrected chi connectivity index (χ1v) is 10.5. The van der Waals surface area contributed by atoms with Gasteiger partial charge in [-0.2, -0.15) is 0 Å². The summed E-state index contributed by atoms with van der Waals surface area (Å²) >= 11 is 6.09. The minimum absolute atomic E-state index is 0.00137. The lowest BCUT2D eigenvalue weighted by Crippen LogP contribution is -2.28. The highest BCUT2D eigenvalue weighted by Crippen LogP contribution is 2.29. The predicted octanol–water partition coefficient (Wildman–Crippen LogP) is 4.69. The Morgan fingerprint density at radius 3 is 2.65 bits per heavy atom. The van der Waals surface area contributed by atoms with Crippen LogP contribution in [0.4, 0.5) is 19.0 Å². The van der Waals surface area contributed by atoms with Crippen molar-refractivity contribution in [3.8, 4) is 5.69 Å². The van der Waals surface area contributed by atoms with Crippen LogP contribution in [0.3, 0.4) is 0 Å². The highest BCUT2D eigenvalue weighted by molar-refractivity contribution is 6.35. The Morgan fingerprint density at radius 1 is 1.09 bits per heavy atom. The first-order valence-electron chi connectivity index (χ1n) is 10.2. The fraction of sp³-hybridized carbons (Fsp3) is 0.136. The molecule has 3 aromatic heterocycles. The van der Waals surface area contributed by atoms with Gasteiger partial charge >= 0.3 is 0 Å². The van der Waals surface area contributed by atoms with Gasteiger partial charge in [0.25, 0.3) is 5.56 Å². The second-order valence-corrected chi connectivity index (χ2v) is 7.77. The molecule has 0 aliphatic rings. The molecule has 34 heavy (non-hydrogen) atoms. The molecule has 8 nitrogen and oxygen atoms in total. The summed E-state index contributed by atoms with van der Waals surface area (Å²) < 4.78 is 43.0. The number of benzene rings is 2. The number of aromatic nitrogens is 6. The molecule has 2 aromatic carbocycles. The standard InChI is InChI=1S/C22H15ClF3N7O/c1-2-14(31-20-18-19(28-8-27-18)29-9-30-20)21-32-15-6-5-12(25)17(23)16(15)22(34)33(21)10-3-4-11(24)13(26)7-10/h3-9,14H,2H2,1H3,(H2,27,28,29,30,31)/t14-/m1/s1. The van der Waals surface area contributed by atoms with Crippen molar-refractivity contribution in [2.45, 2.75) is 19.4 Å². The molecule has 0 saturated carbocycles. The maximum Gasteiger partial charge on any atom is 0.267 e. The predicted molar refractivity (Wildman–Crippen MR) is 121 cm³/mol. The van der Waals surface area contributed by atoms with Crippen LogP contribution in [0.2, 0.25) is 5.02 Å². The van der Waals surface area contributed by atoms with Gasteiger partial charge in [0.2, 0.25) is 0 Å². The van der Waals surface area contributed by atoms with E-state index in [0.29, 0.717) is 23.4 Å². The molecule has 12 heteroatoms. The van der Waals surface area contributed by atoms with Crippen LogP contribution in [-0.4, -0.2) is 29.5 Å². The molecule has 5 aromatic rings. The van der Waals surface area contributed by atoms with E-state index >= 15 is 0 Å². The van der Waals surface area contributed by atoms with Crippen molar-refractivity contribution in [1.82, 2.24) is 29.5 Å². The number of rotatable bonds is 5. The van der Waals surface area contributed by atoms with Crippen molar-refractivity contribution in [2.24, 2.45) is 0 Å². The molecule has 0 bridgehead atoms. The molecule has 0 fully saturated rings. The number of anilines is 1. The van der Waals surface area contributed by atoms with Gasteiger partial charge in [-0.3, -0.25) is 9.36 Å². The van der Waals surface area contributed by atoms with Gasteiger partial charge in [-0.1, -0.05) is 18.5 Å². The van der Waals surface area contributed by atoms with Crippen LogP contribution in [0.5, 0.6) is 0 Å². The van der Waals surface area contributed by atoms with Crippen LogP contribution in [0.15, 0.2) is 47.8 Å². The molecule has 0 spiro atoms. The zero-order valence-electron chi connectivity index (χ0n) is 17.5. The highest BCUT2D eigenvalue weighted by atomic mass is 35.5. The molecular formula is C22H15ClF3N7O. The molecule has 3 heterocycles. The molecule has 0 saturated heterocycles. The Kier molecular flexibility index (Phi) is 5.40. The van der Waals surface area contributed by atoms with E-state index in [-0.39, 0.29) is 22.4 Å². The number of H-pyrrole nitrogens is 1. The van der Waals surface area contributed by atoms with Crippen molar-refractivity contribution in [1.29, 1.82) is 0 Å². The fourth-order valence-corrected chi connectivity index (χ4v) is 3.96. The highest BCUT2D eigenvalue weighted by Gasteiger charge is 2.24. The van der Waals surface area contributed by atoms with Crippen molar-refractivity contribution in [2.75, 3.05) is 5.32 Å². The van der Waals surface area contributed by atoms with E-state index in [2.05, 4.69) is 30.2 Å². The van der Waals surface area contributed by atoms with Gasteiger partial charge in [-0.05, 0) is 30.7 Å². The number of halogens is 4. The Balaban J connectivity index is 1.77. The number of nitrogens with one attached hydrogen (secondary N) is 2. The second kappa shape index (κ2) is 8.41. The van der Waals surface area contributed by atoms with Crippen LogP contribution in [-0.2, 0) is 0 Å². The van der Waals surface area contributed by atoms with Crippen LogP contribution < -0.4 is 10.9 Å². The summed E-state index contributed by atoms with van der Waals surface area (Å²) in [5.74, 6) is -2.50. The SMILES string of the molecule is CC[C@@H](Nc1ncnc2[nH]cnc12)c1nc2ccc(F)c(Cl)c2c(=O)n1-c1ccc(F)c(F)c1. The van der Waals surface area contributed by atoms with E-state index < -0.39 is 34.1 Å². The summed E-state index contributed by atoms with van der Waals surface area (Å²) in [6.45, 7) is 1.84. The summed E-state index contributed by atoms with van der Waals surface area (Å²) in [5.41, 5.74) is 0.385. The molecule has 0 unspecified atom stereocenters. The second-order valence-electron chi connectivity index (χ2n) is 7.39. The zero-order chi connectivity index (χ0) is 24.0. The van der Waals surface area contributed by atoms with E-state index in [1.807, 2.05) is 6.92 Å². The van der Waals surface area contributed by atoms with Crippen LogP contribution in [0.25, 0.3) is 27.8 Å². The number of fused-ring (bicyclic) bond motifs is 2. The molecule has 0 radical (unpaired) electrons. The number of nitrogens with zero attached hydrogens (tertiary/aromatic N) is 5. The van der Waals surface area contributed by atoms with E-state index in [1.54, 1.807) is 0 Å². The third kappa shape index (κ3) is 3.54. The number of hydrogen-bond donors (Lipinski definition) is 2. The number of imidazole rings is 1. The Bertz CT molecular complexity index is 1620. The summed E-state index contributed by atoms with van der Waals surface area (Å²) in [7, 11) is 0. The van der Waals surface area contributed by atoms with Crippen molar-refractivity contribution < 1.29 is 13.2 Å². The van der Waals surface area contributed by atoms with E-state index in [4.69, 9.17) is 11.6 Å². The van der Waals surface area contributed by atoms with Gasteiger partial charge in [-0.25, -0.2) is 33.1 Å². The van der Waals surface area contributed by atoms with Crippen LogP contribution in [0, 0.1) is 17.5 Å². The largest absolute Gasteiger partial charge is 0.358 e. The fourth-order valence-electron chi connectivity index (χ4n) is 3.72. The quantitative estimate of drug-likeness (QED) is 0.374. The van der Waals surface area contributed by atoms with E-state index in [0.717, 1.165) is 22.8 Å². The van der Waals surface area contributed by atoms with Gasteiger partial charge in [0, 0.05) is 6.07 Å². The minimum atomic E-state index is -1.16. The Hall–Kier alpha value is -3.99. The summed E-state index contributed by atoms with van der Waals surface area (Å²) in [4.78, 5) is 33.5. The van der Waals surface area contributed by atoms with Crippen LogP contribution >= 0.6 is 11.6 Å². The molecular weight excluding hydrogens is 471 g/mol. The molecule has 0 aliphatic heterocycles. The maximum absolute atomic E-state index is 14.2. The lowest BCUT2D eigenvalue weighted by atomic mass is 10.1. The third-order valence-electron chi connectivity index (χ3n) is 5.36. The average Bonchev–Trinajstić information content (AvgIpc) is 3.31. The van der Waals surface area contributed by atoms with Crippen molar-refractivity contribution >= 4 is 39.5 Å². The third-order valence-corrected chi connectivity index (χ3v) is 5.73. The molecule has 172 valence electrons. The average molecular weight is 486 g/mol. The first kappa shape index (κ1) is 21.8. The van der Waals surface area contributed by atoms with E-state index in [9.17, 15) is 18.0 Å². The lowest BCUT2D eigenvalue weighted by molar-refractivity contribution is 0.507. The number of hydrogen-bond acceptors (Lipinski definition) is 6. The van der Waals surface area contributed by atoms with Gasteiger partial charge in [0.1, 0.15) is 23.5 Å². The Morgan fingerprint density at radius 2 is 1.88 bits per heavy atom. The minimum Gasteiger partial charge on any atom is -0.358 e. The lowest BCUT2D eigenvalue weighted by Gasteiger charge is -2.22. The summed E-state index contributed by atoms with van der Waals surface area (Å²) in [5, 5.41) is 2.61. The molecule has 0 aliphatic carbocycles. The summed E-state index contributed by atoms with van der Waals surface area (Å²) in [6, 6.07) is 4.79. The van der Waals surface area contributed by atoms with Gasteiger partial charge < -0.3 is 10.3 Å². The molecule has 0 amide bonds. The normalized spacial score (nSPS) is 12.4. The van der Waals surface area contributed by atoms with Crippen molar-refractivity contribution in [3.63, 3.8) is 0 Å². The topological polar surface area (TPSA) is 101 Å². The first-order chi connectivity index (χ1) is 16.4. The number of aromatic amines is 1. The Labute approximate surface area is 194 Å². The zero-order valence-corrected chi connectivity index (χ0v) is 18.2. The van der Waals surface area contributed by atoms with Gasteiger partial charge in [0.05, 0.1) is 34.0 Å². The van der Waals surface area contributed by atoms with Crippen molar-refractivity contribution in [3.05, 3.63) is 81.6 Å². The van der Waals surface area contributed by atoms with E-state index in [1.165, 1.54) is 24.8 Å². The maximum atomic E-state index is 14.2. The monoisotopic (exact) mass is 485 g/mol. The summed E-state index contributed by atoms with van der Waals surface area (Å²) in [6.07, 6.45) is 3.22. The molecule has 1 atom stereocenters. The van der Waals surface area contributed by atoms with Gasteiger partial charge in [0.15, 0.2) is 23.1 Å². The van der Waals surface area contributed by atoms with Gasteiger partial charge in [-0.15, -0.1) is 0 Å².